The Labute approximate surface area is 165 Å². The Balaban J connectivity index is 1.61. The van der Waals surface area contributed by atoms with Crippen molar-refractivity contribution in [2.75, 3.05) is 24.4 Å². The second kappa shape index (κ2) is 9.26. The number of rotatable bonds is 9. The monoisotopic (exact) mass is 382 g/mol. The van der Waals surface area contributed by atoms with Crippen LogP contribution in [-0.4, -0.2) is 25.5 Å². The standard InChI is InChI=1S/C22H26N2O4/c1-3-4-13-28-19-12-7-16(14-20(19)27-2)22(26)24-18-10-8-17(9-11-18)23-21(25)15-5-6-15/h7-12,14-15H,3-6,13H2,1-2H3,(H,23,25)(H,24,26). The largest absolute Gasteiger partial charge is 0.493 e. The number of ether oxygens (including phenoxy) is 2. The molecular formula is C22H26N2O4. The summed E-state index contributed by atoms with van der Waals surface area (Å²) in [6.07, 6.45) is 3.94. The van der Waals surface area contributed by atoms with Crippen LogP contribution in [-0.2, 0) is 4.79 Å². The number of amides is 2. The molecule has 2 amide bonds. The first kappa shape index (κ1) is 19.7. The first-order chi connectivity index (χ1) is 13.6. The number of anilines is 2. The topological polar surface area (TPSA) is 76.7 Å². The van der Waals surface area contributed by atoms with Crippen LogP contribution >= 0.6 is 0 Å². The van der Waals surface area contributed by atoms with E-state index < -0.39 is 0 Å². The molecule has 6 heteroatoms. The second-order valence-electron chi connectivity index (χ2n) is 6.86. The van der Waals surface area contributed by atoms with Crippen molar-refractivity contribution >= 4 is 23.2 Å². The van der Waals surface area contributed by atoms with Crippen molar-refractivity contribution in [3.05, 3.63) is 48.0 Å². The predicted octanol–water partition coefficient (Wildman–Crippen LogP) is 4.47. The minimum absolute atomic E-state index is 0.0603. The van der Waals surface area contributed by atoms with Crippen molar-refractivity contribution in [3.8, 4) is 11.5 Å². The van der Waals surface area contributed by atoms with Gasteiger partial charge in [-0.15, -0.1) is 0 Å². The summed E-state index contributed by atoms with van der Waals surface area (Å²) in [5.74, 6) is 1.13. The van der Waals surface area contributed by atoms with Gasteiger partial charge in [-0.1, -0.05) is 13.3 Å². The average molecular weight is 382 g/mol. The van der Waals surface area contributed by atoms with Crippen LogP contribution in [0.1, 0.15) is 43.0 Å². The Morgan fingerprint density at radius 3 is 2.29 bits per heavy atom. The SMILES string of the molecule is CCCCOc1ccc(C(=O)Nc2ccc(NC(=O)C3CC3)cc2)cc1OC. The minimum Gasteiger partial charge on any atom is -0.493 e. The number of unbranched alkanes of at least 4 members (excludes halogenated alkanes) is 1. The zero-order chi connectivity index (χ0) is 19.9. The number of benzene rings is 2. The molecular weight excluding hydrogens is 356 g/mol. The van der Waals surface area contributed by atoms with Crippen molar-refractivity contribution in [1.29, 1.82) is 0 Å². The van der Waals surface area contributed by atoms with Crippen molar-refractivity contribution in [3.63, 3.8) is 0 Å². The number of methoxy groups -OCH3 is 1. The van der Waals surface area contributed by atoms with Crippen molar-refractivity contribution in [1.82, 2.24) is 0 Å². The predicted molar refractivity (Wildman–Crippen MR) is 109 cm³/mol. The number of hydrogen-bond donors (Lipinski definition) is 2. The van der Waals surface area contributed by atoms with Gasteiger partial charge in [0.2, 0.25) is 5.91 Å². The molecule has 0 aliphatic heterocycles. The molecule has 0 atom stereocenters. The Hall–Kier alpha value is -3.02. The zero-order valence-electron chi connectivity index (χ0n) is 16.3. The summed E-state index contributed by atoms with van der Waals surface area (Å²) in [6.45, 7) is 2.71. The van der Waals surface area contributed by atoms with Gasteiger partial charge in [-0.25, -0.2) is 0 Å². The molecule has 0 heterocycles. The van der Waals surface area contributed by atoms with E-state index in [4.69, 9.17) is 9.47 Å². The van der Waals surface area contributed by atoms with Crippen LogP contribution in [0.3, 0.4) is 0 Å². The molecule has 0 unspecified atom stereocenters. The van der Waals surface area contributed by atoms with Crippen LogP contribution in [0.2, 0.25) is 0 Å². The van der Waals surface area contributed by atoms with Gasteiger partial charge in [-0.2, -0.15) is 0 Å². The van der Waals surface area contributed by atoms with E-state index in [1.807, 2.05) is 0 Å². The van der Waals surface area contributed by atoms with Gasteiger partial charge in [0.1, 0.15) is 0 Å². The lowest BCUT2D eigenvalue weighted by atomic mass is 10.1. The quantitative estimate of drug-likeness (QED) is 0.627. The van der Waals surface area contributed by atoms with Gasteiger partial charge in [0.25, 0.3) is 5.91 Å². The van der Waals surface area contributed by atoms with E-state index in [-0.39, 0.29) is 17.7 Å². The van der Waals surface area contributed by atoms with E-state index in [2.05, 4.69) is 17.6 Å². The molecule has 0 bridgehead atoms. The van der Waals surface area contributed by atoms with Crippen LogP contribution in [0.25, 0.3) is 0 Å². The van der Waals surface area contributed by atoms with Crippen LogP contribution < -0.4 is 20.1 Å². The molecule has 1 aliphatic rings. The van der Waals surface area contributed by atoms with E-state index in [9.17, 15) is 9.59 Å². The first-order valence-corrected chi connectivity index (χ1v) is 9.64. The highest BCUT2D eigenvalue weighted by molar-refractivity contribution is 6.04. The molecule has 1 fully saturated rings. The first-order valence-electron chi connectivity index (χ1n) is 9.64. The number of carbonyl (C=O) groups excluding carboxylic acids is 2. The van der Waals surface area contributed by atoms with Crippen molar-refractivity contribution in [2.24, 2.45) is 5.92 Å². The molecule has 148 valence electrons. The van der Waals surface area contributed by atoms with Gasteiger partial charge in [0.15, 0.2) is 11.5 Å². The summed E-state index contributed by atoms with van der Waals surface area (Å²) in [6, 6.07) is 12.2. The number of carbonyl (C=O) groups is 2. The fourth-order valence-corrected chi connectivity index (χ4v) is 2.68. The Morgan fingerprint density at radius 2 is 1.68 bits per heavy atom. The minimum atomic E-state index is -0.242. The van der Waals surface area contributed by atoms with Gasteiger partial charge >= 0.3 is 0 Å². The van der Waals surface area contributed by atoms with Gasteiger partial charge in [0, 0.05) is 22.9 Å². The lowest BCUT2D eigenvalue weighted by Crippen LogP contribution is -2.14. The van der Waals surface area contributed by atoms with Crippen LogP contribution in [0.5, 0.6) is 11.5 Å². The van der Waals surface area contributed by atoms with E-state index >= 15 is 0 Å². The molecule has 6 nitrogen and oxygen atoms in total. The molecule has 0 radical (unpaired) electrons. The molecule has 28 heavy (non-hydrogen) atoms. The maximum Gasteiger partial charge on any atom is 0.255 e. The average Bonchev–Trinajstić information content (AvgIpc) is 3.55. The third kappa shape index (κ3) is 5.25. The molecule has 0 aromatic heterocycles. The molecule has 2 aromatic carbocycles. The Kier molecular flexibility index (Phi) is 6.53. The molecule has 0 spiro atoms. The van der Waals surface area contributed by atoms with Crippen molar-refractivity contribution in [2.45, 2.75) is 32.6 Å². The maximum absolute atomic E-state index is 12.5. The third-order valence-corrected chi connectivity index (χ3v) is 4.54. The van der Waals surface area contributed by atoms with Gasteiger partial charge in [0.05, 0.1) is 13.7 Å². The zero-order valence-corrected chi connectivity index (χ0v) is 16.3. The maximum atomic E-state index is 12.5. The second-order valence-corrected chi connectivity index (χ2v) is 6.86. The smallest absolute Gasteiger partial charge is 0.255 e. The van der Waals surface area contributed by atoms with Gasteiger partial charge in [-0.05, 0) is 61.7 Å². The highest BCUT2D eigenvalue weighted by atomic mass is 16.5. The molecule has 0 saturated heterocycles. The summed E-state index contributed by atoms with van der Waals surface area (Å²) in [5.41, 5.74) is 1.85. The van der Waals surface area contributed by atoms with E-state index in [0.717, 1.165) is 31.4 Å². The summed E-state index contributed by atoms with van der Waals surface area (Å²) in [4.78, 5) is 24.3. The van der Waals surface area contributed by atoms with E-state index in [0.29, 0.717) is 29.4 Å². The van der Waals surface area contributed by atoms with Crippen LogP contribution in [0.15, 0.2) is 42.5 Å². The Bertz CT molecular complexity index is 829. The summed E-state index contributed by atoms with van der Waals surface area (Å²) < 4.78 is 11.0. The summed E-state index contributed by atoms with van der Waals surface area (Å²) >= 11 is 0. The number of nitrogens with one attached hydrogen (secondary N) is 2. The third-order valence-electron chi connectivity index (χ3n) is 4.54. The number of hydrogen-bond acceptors (Lipinski definition) is 4. The van der Waals surface area contributed by atoms with E-state index in [1.165, 1.54) is 0 Å². The van der Waals surface area contributed by atoms with Crippen LogP contribution in [0.4, 0.5) is 11.4 Å². The van der Waals surface area contributed by atoms with Crippen LogP contribution in [0, 0.1) is 5.92 Å². The van der Waals surface area contributed by atoms with Gasteiger partial charge in [-0.3, -0.25) is 9.59 Å². The normalized spacial score (nSPS) is 12.9. The fourth-order valence-electron chi connectivity index (χ4n) is 2.68. The van der Waals surface area contributed by atoms with Gasteiger partial charge < -0.3 is 20.1 Å². The lowest BCUT2D eigenvalue weighted by Gasteiger charge is -2.12. The summed E-state index contributed by atoms with van der Waals surface area (Å²) in [5, 5.41) is 5.73. The highest BCUT2D eigenvalue weighted by Gasteiger charge is 2.29. The molecule has 3 rings (SSSR count). The Morgan fingerprint density at radius 1 is 1.00 bits per heavy atom. The molecule has 2 N–H and O–H groups in total. The molecule has 2 aromatic rings. The lowest BCUT2D eigenvalue weighted by molar-refractivity contribution is -0.117. The fraction of sp³-hybridized carbons (Fsp3) is 0.364. The molecule has 1 saturated carbocycles. The van der Waals surface area contributed by atoms with Crippen molar-refractivity contribution < 1.29 is 19.1 Å². The van der Waals surface area contributed by atoms with E-state index in [1.54, 1.807) is 49.6 Å². The summed E-state index contributed by atoms with van der Waals surface area (Å²) in [7, 11) is 1.55. The molecule has 1 aliphatic carbocycles. The highest BCUT2D eigenvalue weighted by Crippen LogP contribution is 2.31.